The number of amides is 2. The molecule has 1 atom stereocenters. The van der Waals surface area contributed by atoms with Crippen LogP contribution in [0.4, 0.5) is 18.9 Å². The highest BCUT2D eigenvalue weighted by atomic mass is 19.4. The van der Waals surface area contributed by atoms with Gasteiger partial charge in [-0.05, 0) is 36.5 Å². The van der Waals surface area contributed by atoms with Crippen LogP contribution >= 0.6 is 0 Å². The van der Waals surface area contributed by atoms with E-state index in [-0.39, 0.29) is 18.4 Å². The second kappa shape index (κ2) is 7.51. The molecule has 0 radical (unpaired) electrons. The minimum Gasteiger partial charge on any atom is -0.334 e. The fraction of sp³-hybridized carbons (Fsp3) is 0.412. The second-order valence-electron chi connectivity index (χ2n) is 5.88. The van der Waals surface area contributed by atoms with E-state index in [0.717, 1.165) is 19.9 Å². The summed E-state index contributed by atoms with van der Waals surface area (Å²) < 4.78 is 37.2. The van der Waals surface area contributed by atoms with Gasteiger partial charge >= 0.3 is 12.1 Å². The van der Waals surface area contributed by atoms with Crippen LogP contribution in [0, 0.1) is 5.92 Å². The highest BCUT2D eigenvalue weighted by Gasteiger charge is 2.41. The molecule has 24 heavy (non-hydrogen) atoms. The number of alkyl halides is 3. The molecule has 1 aromatic rings. The van der Waals surface area contributed by atoms with Gasteiger partial charge in [-0.15, -0.1) is 0 Å². The van der Waals surface area contributed by atoms with Crippen LogP contribution in [0.5, 0.6) is 0 Å². The third kappa shape index (κ3) is 5.11. The van der Waals surface area contributed by atoms with E-state index in [1.807, 2.05) is 12.2 Å². The van der Waals surface area contributed by atoms with Crippen molar-refractivity contribution in [1.29, 1.82) is 0 Å². The van der Waals surface area contributed by atoms with E-state index in [9.17, 15) is 22.8 Å². The van der Waals surface area contributed by atoms with Gasteiger partial charge in [0.05, 0.1) is 0 Å². The van der Waals surface area contributed by atoms with E-state index in [4.69, 9.17) is 0 Å². The van der Waals surface area contributed by atoms with Gasteiger partial charge < -0.3 is 10.2 Å². The molecule has 7 heteroatoms. The number of nitrogens with one attached hydrogen (secondary N) is 1. The molecule has 0 fully saturated rings. The number of carbonyl (C=O) groups excluding carboxylic acids is 2. The molecule has 1 aliphatic rings. The Labute approximate surface area is 138 Å². The van der Waals surface area contributed by atoms with Gasteiger partial charge in [-0.2, -0.15) is 13.2 Å². The van der Waals surface area contributed by atoms with Crippen LogP contribution in [0.3, 0.4) is 0 Å². The maximum absolute atomic E-state index is 12.4. The molecule has 4 nitrogen and oxygen atoms in total. The Morgan fingerprint density at radius 2 is 2.08 bits per heavy atom. The quantitative estimate of drug-likeness (QED) is 0.834. The lowest BCUT2D eigenvalue weighted by atomic mass is 10.0. The molecule has 0 unspecified atom stereocenters. The summed E-state index contributed by atoms with van der Waals surface area (Å²) in [6.45, 7) is -0.187. The first kappa shape index (κ1) is 18.0. The third-order valence-corrected chi connectivity index (χ3v) is 3.78. The number of rotatable bonds is 5. The number of benzene rings is 1. The smallest absolute Gasteiger partial charge is 0.334 e. The summed E-state index contributed by atoms with van der Waals surface area (Å²) in [7, 11) is 1.09. The molecule has 0 saturated carbocycles. The number of carbonyl (C=O) groups is 2. The molecular weight excluding hydrogens is 321 g/mol. The van der Waals surface area contributed by atoms with Crippen LogP contribution in [0.15, 0.2) is 36.4 Å². The molecule has 0 saturated heterocycles. The largest absolute Gasteiger partial charge is 0.471 e. The molecule has 0 aliphatic heterocycles. The van der Waals surface area contributed by atoms with Gasteiger partial charge in [-0.1, -0.05) is 24.3 Å². The highest BCUT2D eigenvalue weighted by Crippen LogP contribution is 2.22. The van der Waals surface area contributed by atoms with Gasteiger partial charge in [-0.3, -0.25) is 9.59 Å². The molecule has 1 N–H and O–H groups in total. The zero-order chi connectivity index (χ0) is 17.7. The number of nitrogens with zero attached hydrogens (tertiary/aromatic N) is 1. The number of halogens is 3. The molecule has 0 heterocycles. The van der Waals surface area contributed by atoms with Gasteiger partial charge in [0.2, 0.25) is 5.91 Å². The van der Waals surface area contributed by atoms with E-state index in [2.05, 4.69) is 5.32 Å². The average molecular weight is 340 g/mol. The topological polar surface area (TPSA) is 49.4 Å². The Hall–Kier alpha value is -2.31. The van der Waals surface area contributed by atoms with Crippen molar-refractivity contribution in [2.45, 2.75) is 32.0 Å². The van der Waals surface area contributed by atoms with Crippen LogP contribution in [0.25, 0.3) is 0 Å². The van der Waals surface area contributed by atoms with Crippen molar-refractivity contribution < 1.29 is 22.8 Å². The maximum Gasteiger partial charge on any atom is 0.471 e. The third-order valence-electron chi connectivity index (χ3n) is 3.78. The first-order chi connectivity index (χ1) is 11.3. The maximum atomic E-state index is 12.4. The van der Waals surface area contributed by atoms with Crippen molar-refractivity contribution in [2.75, 3.05) is 12.4 Å². The van der Waals surface area contributed by atoms with Crippen LogP contribution in [-0.2, 0) is 16.1 Å². The molecular formula is C17H19F3N2O2. The molecule has 130 valence electrons. The Bertz CT molecular complexity index is 641. The van der Waals surface area contributed by atoms with Crippen molar-refractivity contribution in [2.24, 2.45) is 5.92 Å². The molecule has 1 aliphatic carbocycles. The van der Waals surface area contributed by atoms with Gasteiger partial charge in [0.15, 0.2) is 0 Å². The summed E-state index contributed by atoms with van der Waals surface area (Å²) in [6, 6.07) is 6.47. The lowest BCUT2D eigenvalue weighted by Crippen LogP contribution is -2.37. The van der Waals surface area contributed by atoms with Crippen molar-refractivity contribution in [3.63, 3.8) is 0 Å². The predicted octanol–water partition coefficient (Wildman–Crippen LogP) is 3.50. The van der Waals surface area contributed by atoms with Crippen molar-refractivity contribution >= 4 is 17.5 Å². The number of allylic oxidation sites excluding steroid dienone is 2. The molecule has 2 rings (SSSR count). The fourth-order valence-electron chi connectivity index (χ4n) is 2.62. The number of hydrogen-bond acceptors (Lipinski definition) is 2. The standard InChI is InChI=1S/C17H19F3N2O2/c1-22(16(24)17(18,19)20)11-13-7-4-8-14(9-13)21-15(23)10-12-5-2-3-6-12/h2,4-5,7-9,12H,3,6,10-11H2,1H3,(H,21,23)/t12-/m1/s1. The second-order valence-corrected chi connectivity index (χ2v) is 5.88. The molecule has 2 amide bonds. The summed E-state index contributed by atoms with van der Waals surface area (Å²) in [5, 5.41) is 2.74. The minimum absolute atomic E-state index is 0.136. The SMILES string of the molecule is CN(Cc1cccc(NC(=O)C[C@@H]2C=CCC2)c1)C(=O)C(F)(F)F. The first-order valence-electron chi connectivity index (χ1n) is 7.63. The summed E-state index contributed by atoms with van der Waals surface area (Å²) in [5.41, 5.74) is 1.01. The predicted molar refractivity (Wildman–Crippen MR) is 84.1 cm³/mol. The Morgan fingerprint density at radius 3 is 2.71 bits per heavy atom. The molecule has 0 aromatic heterocycles. The lowest BCUT2D eigenvalue weighted by molar-refractivity contribution is -0.184. The molecule has 1 aromatic carbocycles. The minimum atomic E-state index is -4.89. The van der Waals surface area contributed by atoms with Crippen molar-refractivity contribution in [3.05, 3.63) is 42.0 Å². The Kier molecular flexibility index (Phi) is 5.64. The summed E-state index contributed by atoms with van der Waals surface area (Å²) in [6.07, 6.45) is 1.49. The van der Waals surface area contributed by atoms with E-state index < -0.39 is 12.1 Å². The van der Waals surface area contributed by atoms with Crippen LogP contribution in [0.1, 0.15) is 24.8 Å². The number of hydrogen-bond donors (Lipinski definition) is 1. The molecule has 0 spiro atoms. The summed E-state index contributed by atoms with van der Waals surface area (Å²) in [5.74, 6) is -1.79. The van der Waals surface area contributed by atoms with Crippen LogP contribution < -0.4 is 5.32 Å². The van der Waals surface area contributed by atoms with Crippen LogP contribution in [-0.4, -0.2) is 29.9 Å². The zero-order valence-electron chi connectivity index (χ0n) is 13.3. The highest BCUT2D eigenvalue weighted by molar-refractivity contribution is 5.91. The average Bonchev–Trinajstić information content (AvgIpc) is 2.98. The zero-order valence-corrected chi connectivity index (χ0v) is 13.3. The first-order valence-corrected chi connectivity index (χ1v) is 7.63. The van der Waals surface area contributed by atoms with Gasteiger partial charge in [-0.25, -0.2) is 0 Å². The van der Waals surface area contributed by atoms with Gasteiger partial charge in [0, 0.05) is 25.7 Å². The fourth-order valence-corrected chi connectivity index (χ4v) is 2.62. The van der Waals surface area contributed by atoms with E-state index in [1.54, 1.807) is 24.3 Å². The lowest BCUT2D eigenvalue weighted by Gasteiger charge is -2.19. The van der Waals surface area contributed by atoms with E-state index in [0.29, 0.717) is 22.6 Å². The Morgan fingerprint density at radius 1 is 1.33 bits per heavy atom. The van der Waals surface area contributed by atoms with E-state index in [1.165, 1.54) is 0 Å². The normalized spacial score (nSPS) is 16.9. The summed E-state index contributed by atoms with van der Waals surface area (Å²) in [4.78, 5) is 23.7. The Balaban J connectivity index is 1.94. The summed E-state index contributed by atoms with van der Waals surface area (Å²) >= 11 is 0. The van der Waals surface area contributed by atoms with Gasteiger partial charge in [0.1, 0.15) is 0 Å². The number of anilines is 1. The van der Waals surface area contributed by atoms with Crippen molar-refractivity contribution in [1.82, 2.24) is 4.90 Å². The van der Waals surface area contributed by atoms with Crippen molar-refractivity contribution in [3.8, 4) is 0 Å². The van der Waals surface area contributed by atoms with Gasteiger partial charge in [0.25, 0.3) is 0 Å². The van der Waals surface area contributed by atoms with E-state index >= 15 is 0 Å². The monoisotopic (exact) mass is 340 g/mol. The molecule has 0 bridgehead atoms. The van der Waals surface area contributed by atoms with Crippen LogP contribution in [0.2, 0.25) is 0 Å².